The number of carbonyl (C=O) groups excluding carboxylic acids is 1. The first-order valence-electron chi connectivity index (χ1n) is 9.35. The molecule has 0 heterocycles. The Balaban J connectivity index is 1.87. The average molecular weight is 358 g/mol. The van der Waals surface area contributed by atoms with Crippen LogP contribution in [0.15, 0.2) is 72.8 Å². The van der Waals surface area contributed by atoms with Crippen molar-refractivity contribution in [3.8, 4) is 0 Å². The highest BCUT2D eigenvalue weighted by Gasteiger charge is 2.21. The summed E-state index contributed by atoms with van der Waals surface area (Å²) in [6.45, 7) is 6.16. The lowest BCUT2D eigenvalue weighted by atomic mass is 10.0. The molecular formula is C24H26N2O. The zero-order chi connectivity index (χ0) is 19.2. The Morgan fingerprint density at radius 3 is 2.30 bits per heavy atom. The van der Waals surface area contributed by atoms with Gasteiger partial charge in [-0.1, -0.05) is 61.5 Å². The maximum absolute atomic E-state index is 13.1. The summed E-state index contributed by atoms with van der Waals surface area (Å²) in [5, 5.41) is 6.48. The summed E-state index contributed by atoms with van der Waals surface area (Å²) >= 11 is 0. The largest absolute Gasteiger partial charge is 0.370 e. The maximum Gasteiger partial charge on any atom is 0.251 e. The molecule has 1 atom stereocenters. The molecule has 0 aromatic heterocycles. The number of nitrogens with one attached hydrogen (secondary N) is 2. The van der Waals surface area contributed by atoms with Crippen molar-refractivity contribution >= 4 is 17.3 Å². The van der Waals surface area contributed by atoms with Gasteiger partial charge < -0.3 is 10.6 Å². The summed E-state index contributed by atoms with van der Waals surface area (Å²) in [7, 11) is 0. The standard InChI is InChI=1S/C24H26N2O/c1-4-19-12-14-21(15-13-19)25-23(20-8-6-5-7-9-20)24(27)26-22-16-17(2)10-11-18(22)3/h5-16,23,25H,4H2,1-3H3,(H,26,27)/t23-/m1/s1. The Kier molecular flexibility index (Phi) is 5.92. The summed E-state index contributed by atoms with van der Waals surface area (Å²) in [5.74, 6) is -0.0746. The van der Waals surface area contributed by atoms with Gasteiger partial charge >= 0.3 is 0 Å². The van der Waals surface area contributed by atoms with Gasteiger partial charge in [-0.3, -0.25) is 4.79 Å². The lowest BCUT2D eigenvalue weighted by Gasteiger charge is -2.21. The van der Waals surface area contributed by atoms with Crippen LogP contribution in [0.25, 0.3) is 0 Å². The molecule has 0 aliphatic heterocycles. The molecule has 2 N–H and O–H groups in total. The fourth-order valence-corrected chi connectivity index (χ4v) is 3.02. The van der Waals surface area contributed by atoms with Crippen molar-refractivity contribution < 1.29 is 4.79 Å². The molecule has 0 saturated heterocycles. The molecule has 3 aromatic rings. The number of anilines is 2. The Morgan fingerprint density at radius 1 is 0.926 bits per heavy atom. The van der Waals surface area contributed by atoms with Crippen molar-refractivity contribution in [1.82, 2.24) is 0 Å². The van der Waals surface area contributed by atoms with Gasteiger partial charge in [-0.2, -0.15) is 0 Å². The molecule has 27 heavy (non-hydrogen) atoms. The van der Waals surface area contributed by atoms with E-state index in [0.717, 1.165) is 34.5 Å². The SMILES string of the molecule is CCc1ccc(N[C@@H](C(=O)Nc2cc(C)ccc2C)c2ccccc2)cc1. The maximum atomic E-state index is 13.1. The van der Waals surface area contributed by atoms with Crippen LogP contribution in [0.4, 0.5) is 11.4 Å². The van der Waals surface area contributed by atoms with Crippen molar-refractivity contribution in [1.29, 1.82) is 0 Å². The number of rotatable bonds is 6. The molecule has 138 valence electrons. The van der Waals surface area contributed by atoms with E-state index in [1.807, 2.05) is 74.5 Å². The van der Waals surface area contributed by atoms with E-state index in [9.17, 15) is 4.79 Å². The molecule has 0 saturated carbocycles. The van der Waals surface area contributed by atoms with Gasteiger partial charge in [0, 0.05) is 11.4 Å². The third-order valence-electron chi connectivity index (χ3n) is 4.72. The molecule has 1 amide bonds. The smallest absolute Gasteiger partial charge is 0.251 e. The lowest BCUT2D eigenvalue weighted by Crippen LogP contribution is -2.27. The van der Waals surface area contributed by atoms with Gasteiger partial charge in [0.05, 0.1) is 0 Å². The van der Waals surface area contributed by atoms with Crippen LogP contribution in [0.1, 0.15) is 35.2 Å². The van der Waals surface area contributed by atoms with Gasteiger partial charge in [-0.05, 0) is 60.7 Å². The minimum atomic E-state index is -0.474. The third-order valence-corrected chi connectivity index (χ3v) is 4.72. The molecule has 3 rings (SSSR count). The van der Waals surface area contributed by atoms with Crippen molar-refractivity contribution in [2.45, 2.75) is 33.2 Å². The highest BCUT2D eigenvalue weighted by atomic mass is 16.2. The van der Waals surface area contributed by atoms with Crippen LogP contribution >= 0.6 is 0 Å². The van der Waals surface area contributed by atoms with Crippen molar-refractivity contribution in [2.24, 2.45) is 0 Å². The molecule has 0 fully saturated rings. The minimum absolute atomic E-state index is 0.0746. The van der Waals surface area contributed by atoms with E-state index >= 15 is 0 Å². The topological polar surface area (TPSA) is 41.1 Å². The van der Waals surface area contributed by atoms with E-state index in [2.05, 4.69) is 29.7 Å². The van der Waals surface area contributed by atoms with Crippen molar-refractivity contribution in [2.75, 3.05) is 10.6 Å². The first-order chi connectivity index (χ1) is 13.1. The normalized spacial score (nSPS) is 11.7. The van der Waals surface area contributed by atoms with Crippen LogP contribution in [0.2, 0.25) is 0 Å². The Morgan fingerprint density at radius 2 is 1.63 bits per heavy atom. The molecule has 0 bridgehead atoms. The second kappa shape index (κ2) is 8.54. The van der Waals surface area contributed by atoms with Crippen LogP contribution < -0.4 is 10.6 Å². The molecule has 3 aromatic carbocycles. The summed E-state index contributed by atoms with van der Waals surface area (Å²) in [6, 6.07) is 23.7. The molecule has 0 aliphatic carbocycles. The van der Waals surface area contributed by atoms with Gasteiger partial charge in [0.15, 0.2) is 0 Å². The van der Waals surface area contributed by atoms with Crippen LogP contribution in [0.3, 0.4) is 0 Å². The summed E-state index contributed by atoms with van der Waals surface area (Å²) < 4.78 is 0. The summed E-state index contributed by atoms with van der Waals surface area (Å²) in [6.07, 6.45) is 0.996. The molecule has 3 heteroatoms. The zero-order valence-electron chi connectivity index (χ0n) is 16.1. The molecule has 0 aliphatic rings. The van der Waals surface area contributed by atoms with Crippen LogP contribution in [0.5, 0.6) is 0 Å². The Hall–Kier alpha value is -3.07. The summed E-state index contributed by atoms with van der Waals surface area (Å²) in [4.78, 5) is 13.1. The van der Waals surface area contributed by atoms with Crippen LogP contribution in [0, 0.1) is 13.8 Å². The van der Waals surface area contributed by atoms with Crippen molar-refractivity contribution in [3.05, 3.63) is 95.1 Å². The number of aryl methyl sites for hydroxylation is 3. The zero-order valence-corrected chi connectivity index (χ0v) is 16.1. The fourth-order valence-electron chi connectivity index (χ4n) is 3.02. The van der Waals surface area contributed by atoms with Gasteiger partial charge in [0.1, 0.15) is 6.04 Å². The van der Waals surface area contributed by atoms with Gasteiger partial charge in [0.2, 0.25) is 0 Å². The Bertz CT molecular complexity index is 901. The number of carbonyl (C=O) groups is 1. The van der Waals surface area contributed by atoms with E-state index in [1.54, 1.807) is 0 Å². The predicted octanol–water partition coefficient (Wildman–Crippen LogP) is 5.66. The fraction of sp³-hybridized carbons (Fsp3) is 0.208. The summed E-state index contributed by atoms with van der Waals surface area (Å²) in [5.41, 5.74) is 6.15. The second-order valence-electron chi connectivity index (χ2n) is 6.85. The van der Waals surface area contributed by atoms with Gasteiger partial charge in [0.25, 0.3) is 5.91 Å². The predicted molar refractivity (Wildman–Crippen MR) is 113 cm³/mol. The van der Waals surface area contributed by atoms with E-state index in [-0.39, 0.29) is 5.91 Å². The van der Waals surface area contributed by atoms with E-state index in [1.165, 1.54) is 5.56 Å². The average Bonchev–Trinajstić information content (AvgIpc) is 2.70. The van der Waals surface area contributed by atoms with E-state index in [0.29, 0.717) is 0 Å². The number of hydrogen-bond donors (Lipinski definition) is 2. The van der Waals surface area contributed by atoms with E-state index in [4.69, 9.17) is 0 Å². The second-order valence-corrected chi connectivity index (χ2v) is 6.85. The highest BCUT2D eigenvalue weighted by molar-refractivity contribution is 5.97. The first-order valence-corrected chi connectivity index (χ1v) is 9.35. The third kappa shape index (κ3) is 4.76. The highest BCUT2D eigenvalue weighted by Crippen LogP contribution is 2.24. The van der Waals surface area contributed by atoms with Crippen molar-refractivity contribution in [3.63, 3.8) is 0 Å². The molecule has 0 unspecified atom stereocenters. The molecule has 0 spiro atoms. The number of hydrogen-bond acceptors (Lipinski definition) is 2. The first kappa shape index (κ1) is 18.7. The molecular weight excluding hydrogens is 332 g/mol. The number of benzene rings is 3. The monoisotopic (exact) mass is 358 g/mol. The Labute approximate surface area is 161 Å². The van der Waals surface area contributed by atoms with Crippen LogP contribution in [-0.2, 0) is 11.2 Å². The van der Waals surface area contributed by atoms with Crippen LogP contribution in [-0.4, -0.2) is 5.91 Å². The quantitative estimate of drug-likeness (QED) is 0.597. The van der Waals surface area contributed by atoms with Gasteiger partial charge in [-0.15, -0.1) is 0 Å². The van der Waals surface area contributed by atoms with E-state index < -0.39 is 6.04 Å². The minimum Gasteiger partial charge on any atom is -0.370 e. The molecule has 0 radical (unpaired) electrons. The number of amides is 1. The van der Waals surface area contributed by atoms with Gasteiger partial charge in [-0.25, -0.2) is 0 Å². The molecule has 3 nitrogen and oxygen atoms in total. The lowest BCUT2D eigenvalue weighted by molar-refractivity contribution is -0.117.